The molecule has 1 aromatic heterocycles. The molecule has 0 spiro atoms. The average molecular weight is 325 g/mol. The molecule has 1 aromatic carbocycles. The smallest absolute Gasteiger partial charge is 0.311 e. The fraction of sp³-hybridized carbons (Fsp3) is 0.389. The number of carboxylic acid groups (broad SMARTS) is 1. The highest BCUT2D eigenvalue weighted by molar-refractivity contribution is 5.94. The Morgan fingerprint density at radius 3 is 2.71 bits per heavy atom. The van der Waals surface area contributed by atoms with Gasteiger partial charge in [-0.25, -0.2) is 0 Å². The van der Waals surface area contributed by atoms with Gasteiger partial charge in [-0.15, -0.1) is 0 Å². The molecule has 6 nitrogen and oxygen atoms in total. The third-order valence-electron chi connectivity index (χ3n) is 4.86. The van der Waals surface area contributed by atoms with E-state index in [1.54, 1.807) is 12.4 Å². The minimum atomic E-state index is -0.851. The fourth-order valence-corrected chi connectivity index (χ4v) is 3.39. The van der Waals surface area contributed by atoms with Gasteiger partial charge in [0.15, 0.2) is 0 Å². The van der Waals surface area contributed by atoms with Gasteiger partial charge in [-0.2, -0.15) is 5.10 Å². The van der Waals surface area contributed by atoms with Crippen LogP contribution in [0.1, 0.15) is 52.7 Å². The topological polar surface area (TPSA) is 84.2 Å². The van der Waals surface area contributed by atoms with Gasteiger partial charge in [-0.1, -0.05) is 24.3 Å². The van der Waals surface area contributed by atoms with Gasteiger partial charge in [0.05, 0.1) is 23.7 Å². The summed E-state index contributed by atoms with van der Waals surface area (Å²) in [4.78, 5) is 23.9. The average Bonchev–Trinajstić information content (AvgIpc) is 3.12. The van der Waals surface area contributed by atoms with Crippen molar-refractivity contribution in [1.29, 1.82) is 0 Å². The summed E-state index contributed by atoms with van der Waals surface area (Å²) in [5, 5.41) is 16.6. The van der Waals surface area contributed by atoms with Crippen LogP contribution < -0.4 is 5.32 Å². The second-order valence-electron chi connectivity index (χ2n) is 6.68. The molecule has 2 unspecified atom stereocenters. The van der Waals surface area contributed by atoms with Crippen LogP contribution in [0, 0.1) is 5.92 Å². The predicted octanol–water partition coefficient (Wildman–Crippen LogP) is 2.34. The highest BCUT2D eigenvalue weighted by atomic mass is 16.4. The van der Waals surface area contributed by atoms with Gasteiger partial charge in [-0.3, -0.25) is 14.3 Å². The number of carbonyl (C=O) groups is 2. The lowest BCUT2D eigenvalue weighted by molar-refractivity contribution is -0.138. The van der Waals surface area contributed by atoms with E-state index < -0.39 is 11.9 Å². The number of rotatable bonds is 5. The quantitative estimate of drug-likeness (QED) is 0.884. The molecule has 24 heavy (non-hydrogen) atoms. The first-order chi connectivity index (χ1) is 11.6. The molecule has 1 fully saturated rings. The van der Waals surface area contributed by atoms with Crippen LogP contribution in [0.3, 0.4) is 0 Å². The van der Waals surface area contributed by atoms with E-state index >= 15 is 0 Å². The number of nitrogens with zero attached hydrogens (tertiary/aromatic N) is 2. The number of aromatic nitrogens is 2. The molecule has 4 rings (SSSR count). The van der Waals surface area contributed by atoms with E-state index in [4.69, 9.17) is 0 Å². The van der Waals surface area contributed by atoms with E-state index in [9.17, 15) is 14.7 Å². The Balaban J connectivity index is 1.49. The third kappa shape index (κ3) is 2.79. The number of benzene rings is 1. The van der Waals surface area contributed by atoms with Crippen molar-refractivity contribution >= 4 is 11.9 Å². The number of carboxylic acids is 1. The van der Waals surface area contributed by atoms with E-state index in [1.165, 1.54) is 12.8 Å². The van der Waals surface area contributed by atoms with Gasteiger partial charge < -0.3 is 10.4 Å². The molecule has 6 heteroatoms. The molecule has 2 aliphatic carbocycles. The molecular formula is C18H19N3O3. The minimum absolute atomic E-state index is 0.206. The van der Waals surface area contributed by atoms with Crippen LogP contribution in [-0.2, 0) is 11.3 Å². The van der Waals surface area contributed by atoms with E-state index in [2.05, 4.69) is 10.4 Å². The van der Waals surface area contributed by atoms with Gasteiger partial charge in [0.1, 0.15) is 0 Å². The molecule has 0 radical (unpaired) electrons. The summed E-state index contributed by atoms with van der Waals surface area (Å²) in [6, 6.07) is 7.14. The Kier molecular flexibility index (Phi) is 3.59. The summed E-state index contributed by atoms with van der Waals surface area (Å²) in [7, 11) is 0. The molecule has 1 amide bonds. The highest BCUT2D eigenvalue weighted by Crippen LogP contribution is 2.40. The molecular weight excluding hydrogens is 306 g/mol. The van der Waals surface area contributed by atoms with E-state index in [-0.39, 0.29) is 11.9 Å². The summed E-state index contributed by atoms with van der Waals surface area (Å²) >= 11 is 0. The zero-order valence-electron chi connectivity index (χ0n) is 13.2. The van der Waals surface area contributed by atoms with Crippen LogP contribution in [0.25, 0.3) is 0 Å². The summed E-state index contributed by atoms with van der Waals surface area (Å²) in [6.07, 6.45) is 6.20. The molecule has 2 aliphatic rings. The normalized spacial score (nSPS) is 22.2. The minimum Gasteiger partial charge on any atom is -0.481 e. The van der Waals surface area contributed by atoms with Crippen LogP contribution in [0.4, 0.5) is 0 Å². The molecule has 1 heterocycles. The summed E-state index contributed by atoms with van der Waals surface area (Å²) in [5.41, 5.74) is 2.20. The lowest BCUT2D eigenvalue weighted by Crippen LogP contribution is -2.27. The Bertz CT molecular complexity index is 794. The predicted molar refractivity (Wildman–Crippen MR) is 86.6 cm³/mol. The van der Waals surface area contributed by atoms with Gasteiger partial charge in [-0.05, 0) is 36.3 Å². The van der Waals surface area contributed by atoms with Crippen molar-refractivity contribution in [3.8, 4) is 0 Å². The van der Waals surface area contributed by atoms with Crippen molar-refractivity contribution in [2.24, 2.45) is 5.92 Å². The molecule has 0 aliphatic heterocycles. The number of nitrogens with one attached hydrogen (secondary N) is 1. The van der Waals surface area contributed by atoms with Crippen LogP contribution in [-0.4, -0.2) is 26.8 Å². The van der Waals surface area contributed by atoms with Crippen LogP contribution in [0.5, 0.6) is 0 Å². The summed E-state index contributed by atoms with van der Waals surface area (Å²) in [6.45, 7) is 0.862. The molecule has 1 saturated carbocycles. The van der Waals surface area contributed by atoms with Gasteiger partial charge in [0, 0.05) is 12.7 Å². The zero-order chi connectivity index (χ0) is 16.7. The Morgan fingerprint density at radius 2 is 2.00 bits per heavy atom. The third-order valence-corrected chi connectivity index (χ3v) is 4.86. The second kappa shape index (κ2) is 5.78. The maximum absolute atomic E-state index is 12.5. The van der Waals surface area contributed by atoms with Crippen molar-refractivity contribution < 1.29 is 14.7 Å². The molecule has 124 valence electrons. The lowest BCUT2D eigenvalue weighted by Gasteiger charge is -2.13. The first-order valence-electron chi connectivity index (χ1n) is 8.27. The first-order valence-corrected chi connectivity index (χ1v) is 8.27. The Labute approximate surface area is 139 Å². The maximum atomic E-state index is 12.5. The Hall–Kier alpha value is -2.63. The van der Waals surface area contributed by atoms with Gasteiger partial charge >= 0.3 is 5.97 Å². The number of carbonyl (C=O) groups excluding carboxylic acids is 1. The number of amides is 1. The van der Waals surface area contributed by atoms with Gasteiger partial charge in [0.2, 0.25) is 0 Å². The van der Waals surface area contributed by atoms with Crippen LogP contribution in [0.2, 0.25) is 0 Å². The van der Waals surface area contributed by atoms with Crippen molar-refractivity contribution in [1.82, 2.24) is 15.1 Å². The summed E-state index contributed by atoms with van der Waals surface area (Å²) in [5.74, 6) is -0.928. The van der Waals surface area contributed by atoms with Crippen molar-refractivity contribution in [2.75, 3.05) is 0 Å². The molecule has 2 N–H and O–H groups in total. The largest absolute Gasteiger partial charge is 0.481 e. The molecule has 2 aromatic rings. The molecule has 0 saturated heterocycles. The summed E-state index contributed by atoms with van der Waals surface area (Å²) < 4.78 is 1.81. The maximum Gasteiger partial charge on any atom is 0.311 e. The Morgan fingerprint density at radius 1 is 1.25 bits per heavy atom. The zero-order valence-corrected chi connectivity index (χ0v) is 13.2. The molecule has 0 bridgehead atoms. The highest BCUT2D eigenvalue weighted by Gasteiger charge is 2.36. The van der Waals surface area contributed by atoms with Gasteiger partial charge in [0.25, 0.3) is 5.91 Å². The molecule has 2 atom stereocenters. The fourth-order valence-electron chi connectivity index (χ4n) is 3.39. The lowest BCUT2D eigenvalue weighted by atomic mass is 10.0. The van der Waals surface area contributed by atoms with Crippen LogP contribution in [0.15, 0.2) is 36.7 Å². The number of hydrogen-bond acceptors (Lipinski definition) is 3. The van der Waals surface area contributed by atoms with Crippen molar-refractivity contribution in [3.63, 3.8) is 0 Å². The standard InChI is InChI=1S/C18H19N3O3/c22-17(12-8-19-21(10-12)9-11-5-6-11)20-16-7-15(18(23)24)13-3-1-2-4-14(13)16/h1-4,8,10-11,15-16H,5-7,9H2,(H,20,22)(H,23,24). The number of hydrogen-bond donors (Lipinski definition) is 2. The van der Waals surface area contributed by atoms with E-state index in [0.717, 1.165) is 17.7 Å². The van der Waals surface area contributed by atoms with E-state index in [0.29, 0.717) is 17.9 Å². The monoisotopic (exact) mass is 325 g/mol. The SMILES string of the molecule is O=C(NC1CC(C(=O)O)c2ccccc21)c1cnn(CC2CC2)c1. The van der Waals surface area contributed by atoms with E-state index in [1.807, 2.05) is 28.9 Å². The second-order valence-corrected chi connectivity index (χ2v) is 6.68. The van der Waals surface area contributed by atoms with Crippen molar-refractivity contribution in [2.45, 2.75) is 37.8 Å². The first kappa shape index (κ1) is 14.9. The number of aliphatic carboxylic acids is 1. The van der Waals surface area contributed by atoms with Crippen LogP contribution >= 0.6 is 0 Å². The van der Waals surface area contributed by atoms with Crippen molar-refractivity contribution in [3.05, 3.63) is 53.3 Å². The number of fused-ring (bicyclic) bond motifs is 1.